The molecular formula is C22H23N7O4S2. The van der Waals surface area contributed by atoms with Crippen molar-refractivity contribution in [3.8, 4) is 23.0 Å². The van der Waals surface area contributed by atoms with Crippen molar-refractivity contribution in [2.45, 2.75) is 16.4 Å². The standard InChI is InChI=1S/C22H23N7O4S2/c1-12-28-29-22(34-12)35-21-26-19(23-13-6-8-15(30-2)17(10-13)32-4)25-20(27-21)24-14-7-9-16(31-3)18(11-14)33-5/h6-11H,1-5H3,(H2,23,24,25,26,27). The second kappa shape index (κ2) is 11.1. The lowest BCUT2D eigenvalue weighted by Gasteiger charge is -2.13. The fourth-order valence-electron chi connectivity index (χ4n) is 3.00. The fourth-order valence-corrected chi connectivity index (χ4v) is 4.67. The topological polar surface area (TPSA) is 125 Å². The van der Waals surface area contributed by atoms with Gasteiger partial charge in [-0.15, -0.1) is 10.2 Å². The Morgan fingerprint density at radius 1 is 0.686 bits per heavy atom. The number of aryl methyl sites for hydroxylation is 1. The molecule has 2 aromatic carbocycles. The predicted molar refractivity (Wildman–Crippen MR) is 134 cm³/mol. The maximum Gasteiger partial charge on any atom is 0.233 e. The van der Waals surface area contributed by atoms with Gasteiger partial charge in [-0.3, -0.25) is 0 Å². The summed E-state index contributed by atoms with van der Waals surface area (Å²) in [6, 6.07) is 10.9. The van der Waals surface area contributed by atoms with Crippen LogP contribution in [-0.2, 0) is 0 Å². The third-order valence-electron chi connectivity index (χ3n) is 4.58. The van der Waals surface area contributed by atoms with Crippen LogP contribution in [0.15, 0.2) is 45.9 Å². The zero-order valence-electron chi connectivity index (χ0n) is 19.6. The zero-order valence-corrected chi connectivity index (χ0v) is 21.3. The van der Waals surface area contributed by atoms with Crippen LogP contribution in [0.2, 0.25) is 0 Å². The van der Waals surface area contributed by atoms with Crippen LogP contribution in [0.5, 0.6) is 23.0 Å². The normalized spacial score (nSPS) is 10.5. The van der Waals surface area contributed by atoms with Gasteiger partial charge in [0.15, 0.2) is 27.3 Å². The van der Waals surface area contributed by atoms with Crippen molar-refractivity contribution >= 4 is 46.4 Å². The summed E-state index contributed by atoms with van der Waals surface area (Å²) in [5, 5.41) is 15.9. The van der Waals surface area contributed by atoms with Crippen molar-refractivity contribution in [2.75, 3.05) is 39.1 Å². The Morgan fingerprint density at radius 3 is 1.63 bits per heavy atom. The summed E-state index contributed by atoms with van der Waals surface area (Å²) in [5.41, 5.74) is 1.43. The van der Waals surface area contributed by atoms with Gasteiger partial charge in [0.25, 0.3) is 0 Å². The van der Waals surface area contributed by atoms with Crippen molar-refractivity contribution in [3.63, 3.8) is 0 Å². The number of hydrogen-bond acceptors (Lipinski definition) is 13. The van der Waals surface area contributed by atoms with Crippen LogP contribution in [0.25, 0.3) is 0 Å². The third-order valence-corrected chi connectivity index (χ3v) is 6.34. The van der Waals surface area contributed by atoms with Crippen molar-refractivity contribution in [1.29, 1.82) is 0 Å². The molecule has 0 aliphatic heterocycles. The number of ether oxygens (including phenoxy) is 4. The zero-order chi connectivity index (χ0) is 24.8. The molecule has 0 bridgehead atoms. The minimum atomic E-state index is 0.332. The highest BCUT2D eigenvalue weighted by Crippen LogP contribution is 2.34. The number of nitrogens with zero attached hydrogens (tertiary/aromatic N) is 5. The number of hydrogen-bond donors (Lipinski definition) is 2. The van der Waals surface area contributed by atoms with E-state index in [0.717, 1.165) is 9.35 Å². The Kier molecular flexibility index (Phi) is 7.67. The van der Waals surface area contributed by atoms with E-state index in [9.17, 15) is 0 Å². The second-order valence-electron chi connectivity index (χ2n) is 6.84. The van der Waals surface area contributed by atoms with Crippen molar-refractivity contribution < 1.29 is 18.9 Å². The molecule has 2 heterocycles. The van der Waals surface area contributed by atoms with Gasteiger partial charge in [-0.25, -0.2) is 0 Å². The molecule has 4 rings (SSSR count). The highest BCUT2D eigenvalue weighted by Gasteiger charge is 2.14. The van der Waals surface area contributed by atoms with E-state index < -0.39 is 0 Å². The largest absolute Gasteiger partial charge is 0.493 e. The molecule has 0 unspecified atom stereocenters. The highest BCUT2D eigenvalue weighted by atomic mass is 32.2. The van der Waals surface area contributed by atoms with Gasteiger partial charge in [0.05, 0.1) is 28.4 Å². The molecule has 0 aliphatic carbocycles. The number of anilines is 4. The van der Waals surface area contributed by atoms with E-state index in [1.165, 1.54) is 23.1 Å². The quantitative estimate of drug-likeness (QED) is 0.305. The van der Waals surface area contributed by atoms with Gasteiger partial charge in [-0.1, -0.05) is 11.3 Å². The van der Waals surface area contributed by atoms with Gasteiger partial charge in [-0.05, 0) is 43.0 Å². The molecule has 0 amide bonds. The molecule has 4 aromatic rings. The molecule has 13 heteroatoms. The van der Waals surface area contributed by atoms with Crippen LogP contribution in [0.1, 0.15) is 5.01 Å². The lowest BCUT2D eigenvalue weighted by molar-refractivity contribution is 0.355. The van der Waals surface area contributed by atoms with Crippen LogP contribution < -0.4 is 29.6 Å². The summed E-state index contributed by atoms with van der Waals surface area (Å²) < 4.78 is 22.1. The van der Waals surface area contributed by atoms with Crippen molar-refractivity contribution in [1.82, 2.24) is 25.1 Å². The van der Waals surface area contributed by atoms with E-state index in [-0.39, 0.29) is 0 Å². The molecule has 0 atom stereocenters. The summed E-state index contributed by atoms with van der Waals surface area (Å²) in [5.74, 6) is 3.06. The van der Waals surface area contributed by atoms with Gasteiger partial charge in [0.1, 0.15) is 5.01 Å². The summed E-state index contributed by atoms with van der Waals surface area (Å²) in [6.07, 6.45) is 0. The first-order chi connectivity index (χ1) is 17.0. The summed E-state index contributed by atoms with van der Waals surface area (Å²) in [6.45, 7) is 1.89. The minimum Gasteiger partial charge on any atom is -0.493 e. The molecule has 0 aliphatic rings. The Hall–Kier alpha value is -3.84. The average molecular weight is 514 g/mol. The lowest BCUT2D eigenvalue weighted by Crippen LogP contribution is -2.05. The summed E-state index contributed by atoms with van der Waals surface area (Å²) >= 11 is 2.76. The Bertz CT molecular complexity index is 1240. The first-order valence-corrected chi connectivity index (χ1v) is 11.9. The molecule has 35 heavy (non-hydrogen) atoms. The maximum absolute atomic E-state index is 5.39. The monoisotopic (exact) mass is 513 g/mol. The smallest absolute Gasteiger partial charge is 0.233 e. The molecule has 11 nitrogen and oxygen atoms in total. The molecular weight excluding hydrogens is 490 g/mol. The Labute approximate surface area is 210 Å². The van der Waals surface area contributed by atoms with E-state index in [2.05, 4.69) is 35.8 Å². The SMILES string of the molecule is COc1ccc(Nc2nc(Nc3ccc(OC)c(OC)c3)nc(Sc3nnc(C)s3)n2)cc1OC. The van der Waals surface area contributed by atoms with Gasteiger partial charge >= 0.3 is 0 Å². The summed E-state index contributed by atoms with van der Waals surface area (Å²) in [4.78, 5) is 13.6. The molecule has 2 aromatic heterocycles. The first-order valence-electron chi connectivity index (χ1n) is 10.2. The number of rotatable bonds is 10. The number of methoxy groups -OCH3 is 4. The lowest BCUT2D eigenvalue weighted by atomic mass is 10.2. The van der Waals surface area contributed by atoms with Crippen LogP contribution in [0.4, 0.5) is 23.3 Å². The molecule has 182 valence electrons. The molecule has 0 spiro atoms. The van der Waals surface area contributed by atoms with Gasteiger partial charge in [0.2, 0.25) is 17.1 Å². The van der Waals surface area contributed by atoms with E-state index in [0.29, 0.717) is 51.4 Å². The summed E-state index contributed by atoms with van der Waals surface area (Å²) in [7, 11) is 6.33. The molecule has 0 saturated carbocycles. The first kappa shape index (κ1) is 24.3. The van der Waals surface area contributed by atoms with Crippen molar-refractivity contribution in [3.05, 3.63) is 41.4 Å². The Morgan fingerprint density at radius 2 is 1.20 bits per heavy atom. The fraction of sp³-hybridized carbons (Fsp3) is 0.227. The number of nitrogens with one attached hydrogen (secondary N) is 2. The van der Waals surface area contributed by atoms with E-state index in [1.54, 1.807) is 52.7 Å². The Balaban J connectivity index is 1.66. The van der Waals surface area contributed by atoms with Gasteiger partial charge < -0.3 is 29.6 Å². The number of aromatic nitrogens is 5. The molecule has 0 radical (unpaired) electrons. The average Bonchev–Trinajstić information content (AvgIpc) is 3.27. The van der Waals surface area contributed by atoms with E-state index >= 15 is 0 Å². The second-order valence-corrected chi connectivity index (χ2v) is 9.24. The predicted octanol–water partition coefficient (Wildman–Crippen LogP) is 4.70. The van der Waals surface area contributed by atoms with Gasteiger partial charge in [-0.2, -0.15) is 15.0 Å². The van der Waals surface area contributed by atoms with Crippen molar-refractivity contribution in [2.24, 2.45) is 0 Å². The van der Waals surface area contributed by atoms with Crippen LogP contribution >= 0.6 is 23.1 Å². The van der Waals surface area contributed by atoms with Crippen LogP contribution in [0.3, 0.4) is 0 Å². The van der Waals surface area contributed by atoms with E-state index in [4.69, 9.17) is 18.9 Å². The van der Waals surface area contributed by atoms with Crippen LogP contribution in [-0.4, -0.2) is 53.6 Å². The highest BCUT2D eigenvalue weighted by molar-refractivity contribution is 8.00. The van der Waals surface area contributed by atoms with E-state index in [1.807, 2.05) is 19.1 Å². The third kappa shape index (κ3) is 6.00. The maximum atomic E-state index is 5.39. The van der Waals surface area contributed by atoms with Gasteiger partial charge in [0, 0.05) is 23.5 Å². The minimum absolute atomic E-state index is 0.332. The van der Waals surface area contributed by atoms with Crippen LogP contribution in [0, 0.1) is 6.92 Å². The number of benzene rings is 2. The molecule has 2 N–H and O–H groups in total. The molecule has 0 saturated heterocycles. The molecule has 0 fully saturated rings.